The molecule has 0 bridgehead atoms. The largest absolute Gasteiger partial charge is 0.349 e. The summed E-state index contributed by atoms with van der Waals surface area (Å²) in [7, 11) is 0. The number of benzene rings is 2. The number of para-hydroxylation sites is 1. The third kappa shape index (κ3) is 3.09. The second-order valence-corrected chi connectivity index (χ2v) is 6.52. The fourth-order valence-corrected chi connectivity index (χ4v) is 3.49. The molecule has 3 rings (SSSR count). The molecule has 6 heteroatoms. The number of nitrogens with zero attached hydrogens (tertiary/aromatic N) is 2. The zero-order chi connectivity index (χ0) is 15.5. The van der Waals surface area contributed by atoms with Crippen molar-refractivity contribution in [3.63, 3.8) is 0 Å². The molecule has 1 heterocycles. The summed E-state index contributed by atoms with van der Waals surface area (Å²) in [4.78, 5) is 4.94. The Hall–Kier alpha value is -2.00. The molecule has 0 aliphatic rings. The van der Waals surface area contributed by atoms with Crippen molar-refractivity contribution in [1.82, 2.24) is 4.98 Å². The van der Waals surface area contributed by atoms with Crippen molar-refractivity contribution >= 4 is 56.0 Å². The molecule has 3 nitrogen and oxygen atoms in total. The molecule has 1 atom stereocenters. The molecule has 0 aliphatic carbocycles. The number of nitrogens with one attached hydrogen (secondary N) is 1. The highest BCUT2D eigenvalue weighted by molar-refractivity contribution is 7.80. The number of halogens is 1. The summed E-state index contributed by atoms with van der Waals surface area (Å²) in [5, 5.41) is 13.9. The number of hydrogen-bond donors (Lipinski definition) is 1. The maximum absolute atomic E-state index is 9.47. The Balaban J connectivity index is 1.85. The van der Waals surface area contributed by atoms with Gasteiger partial charge < -0.3 is 5.32 Å². The first-order valence-corrected chi connectivity index (χ1v) is 8.09. The predicted octanol–water partition coefficient (Wildman–Crippen LogP) is 5.00. The van der Waals surface area contributed by atoms with Crippen molar-refractivity contribution in [2.45, 2.75) is 5.92 Å². The van der Waals surface area contributed by atoms with Crippen LogP contribution >= 0.6 is 35.2 Å². The van der Waals surface area contributed by atoms with Crippen LogP contribution in [0.3, 0.4) is 0 Å². The Morgan fingerprint density at radius 3 is 2.64 bits per heavy atom. The molecule has 0 saturated carbocycles. The molecule has 0 aliphatic heterocycles. The first-order valence-electron chi connectivity index (χ1n) is 6.49. The number of thiocarbonyl (C=S) groups is 1. The summed E-state index contributed by atoms with van der Waals surface area (Å²) in [6.07, 6.45) is 0. The fourth-order valence-electron chi connectivity index (χ4n) is 1.99. The van der Waals surface area contributed by atoms with Gasteiger partial charge >= 0.3 is 0 Å². The molecule has 1 aromatic heterocycles. The first-order chi connectivity index (χ1) is 10.7. The van der Waals surface area contributed by atoms with Crippen molar-refractivity contribution in [2.24, 2.45) is 0 Å². The molecule has 0 fully saturated rings. The molecule has 0 amide bonds. The molecule has 1 unspecified atom stereocenters. The summed E-state index contributed by atoms with van der Waals surface area (Å²) in [5.41, 5.74) is 1.69. The van der Waals surface area contributed by atoms with Gasteiger partial charge in [0, 0.05) is 10.7 Å². The molecule has 1 N–H and O–H groups in total. The number of aromatic nitrogens is 1. The highest BCUT2D eigenvalue weighted by atomic mass is 35.5. The van der Waals surface area contributed by atoms with Crippen LogP contribution in [0.4, 0.5) is 5.69 Å². The summed E-state index contributed by atoms with van der Waals surface area (Å²) in [5.74, 6) is -0.567. The van der Waals surface area contributed by atoms with Crippen LogP contribution in [0.2, 0.25) is 5.02 Å². The van der Waals surface area contributed by atoms with Crippen LogP contribution in [0.5, 0.6) is 0 Å². The minimum atomic E-state index is -0.567. The Kier molecular flexibility index (Phi) is 4.34. The van der Waals surface area contributed by atoms with Gasteiger partial charge in [0.05, 0.1) is 16.3 Å². The van der Waals surface area contributed by atoms with E-state index in [1.54, 1.807) is 12.1 Å². The van der Waals surface area contributed by atoms with Crippen LogP contribution < -0.4 is 5.32 Å². The molecule has 2 aromatic carbocycles. The number of hydrogen-bond acceptors (Lipinski definition) is 4. The first kappa shape index (κ1) is 14.9. The third-order valence-corrected chi connectivity index (χ3v) is 4.75. The summed E-state index contributed by atoms with van der Waals surface area (Å²) >= 11 is 12.7. The average molecular weight is 344 g/mol. The zero-order valence-corrected chi connectivity index (χ0v) is 13.7. The monoisotopic (exact) mass is 343 g/mol. The standard InChI is InChI=1S/C16H10ClN3S2/c17-10-5-7-11(8-6-10)19-15(21)12(9-18)16-20-13-3-1-2-4-14(13)22-16/h1-8,12H,(H,19,21). The van der Waals surface area contributed by atoms with Crippen molar-refractivity contribution in [3.8, 4) is 6.07 Å². The maximum atomic E-state index is 9.47. The van der Waals surface area contributed by atoms with Crippen LogP contribution in [-0.2, 0) is 0 Å². The lowest BCUT2D eigenvalue weighted by Gasteiger charge is -2.11. The predicted molar refractivity (Wildman–Crippen MR) is 95.6 cm³/mol. The quantitative estimate of drug-likeness (QED) is 0.680. The number of nitriles is 1. The second kappa shape index (κ2) is 6.41. The van der Waals surface area contributed by atoms with E-state index >= 15 is 0 Å². The highest BCUT2D eigenvalue weighted by Gasteiger charge is 2.20. The summed E-state index contributed by atoms with van der Waals surface area (Å²) in [6, 6.07) is 17.2. The second-order valence-electron chi connectivity index (χ2n) is 4.58. The lowest BCUT2D eigenvalue weighted by atomic mass is 10.1. The molecule has 0 saturated heterocycles. The van der Waals surface area contributed by atoms with Gasteiger partial charge in [0.15, 0.2) is 0 Å². The Morgan fingerprint density at radius 2 is 1.95 bits per heavy atom. The van der Waals surface area contributed by atoms with Crippen molar-refractivity contribution in [2.75, 3.05) is 5.32 Å². The Morgan fingerprint density at radius 1 is 1.23 bits per heavy atom. The number of thiazole rings is 1. The van der Waals surface area contributed by atoms with E-state index in [1.807, 2.05) is 36.4 Å². The fraction of sp³-hybridized carbons (Fsp3) is 0.0625. The van der Waals surface area contributed by atoms with E-state index in [1.165, 1.54) is 11.3 Å². The number of rotatable bonds is 3. The smallest absolute Gasteiger partial charge is 0.148 e. The number of fused-ring (bicyclic) bond motifs is 1. The summed E-state index contributed by atoms with van der Waals surface area (Å²) < 4.78 is 1.05. The van der Waals surface area contributed by atoms with E-state index in [0.717, 1.165) is 15.9 Å². The van der Waals surface area contributed by atoms with E-state index in [9.17, 15) is 5.26 Å². The molecular weight excluding hydrogens is 334 g/mol. The van der Waals surface area contributed by atoms with Gasteiger partial charge in [0.25, 0.3) is 0 Å². The van der Waals surface area contributed by atoms with E-state index in [0.29, 0.717) is 15.0 Å². The third-order valence-electron chi connectivity index (χ3n) is 3.06. The van der Waals surface area contributed by atoms with E-state index < -0.39 is 5.92 Å². The van der Waals surface area contributed by atoms with E-state index in [2.05, 4.69) is 16.4 Å². The van der Waals surface area contributed by atoms with E-state index in [4.69, 9.17) is 23.8 Å². The zero-order valence-electron chi connectivity index (χ0n) is 11.3. The van der Waals surface area contributed by atoms with Gasteiger partial charge in [-0.25, -0.2) is 4.98 Å². The van der Waals surface area contributed by atoms with E-state index in [-0.39, 0.29) is 0 Å². The SMILES string of the molecule is N#CC(C(=S)Nc1ccc(Cl)cc1)c1nc2ccccc2s1. The molecule has 3 aromatic rings. The maximum Gasteiger partial charge on any atom is 0.148 e. The van der Waals surface area contributed by atoms with Crippen LogP contribution in [0.1, 0.15) is 10.9 Å². The Bertz CT molecular complexity index is 832. The van der Waals surface area contributed by atoms with Crippen LogP contribution in [-0.4, -0.2) is 9.97 Å². The van der Waals surface area contributed by atoms with Gasteiger partial charge in [-0.3, -0.25) is 0 Å². The van der Waals surface area contributed by atoms with Crippen LogP contribution in [0.15, 0.2) is 48.5 Å². The lowest BCUT2D eigenvalue weighted by Crippen LogP contribution is -2.17. The van der Waals surface area contributed by atoms with Gasteiger partial charge in [-0.15, -0.1) is 11.3 Å². The normalized spacial score (nSPS) is 11.8. The topological polar surface area (TPSA) is 48.7 Å². The minimum absolute atomic E-state index is 0.434. The van der Waals surface area contributed by atoms with Gasteiger partial charge in [-0.1, -0.05) is 36.0 Å². The summed E-state index contributed by atoms with van der Waals surface area (Å²) in [6.45, 7) is 0. The molecule has 22 heavy (non-hydrogen) atoms. The molecule has 108 valence electrons. The lowest BCUT2D eigenvalue weighted by molar-refractivity contribution is 1.13. The average Bonchev–Trinajstić information content (AvgIpc) is 2.94. The molecule has 0 radical (unpaired) electrons. The van der Waals surface area contributed by atoms with Gasteiger partial charge in [0.2, 0.25) is 0 Å². The molecule has 0 spiro atoms. The minimum Gasteiger partial charge on any atom is -0.349 e. The number of anilines is 1. The molecular formula is C16H10ClN3S2. The van der Waals surface area contributed by atoms with Crippen LogP contribution in [0, 0.1) is 11.3 Å². The highest BCUT2D eigenvalue weighted by Crippen LogP contribution is 2.28. The Labute approximate surface area is 142 Å². The van der Waals surface area contributed by atoms with Gasteiger partial charge in [-0.05, 0) is 36.4 Å². The van der Waals surface area contributed by atoms with Crippen LogP contribution in [0.25, 0.3) is 10.2 Å². The van der Waals surface area contributed by atoms with Gasteiger partial charge in [-0.2, -0.15) is 5.26 Å². The van der Waals surface area contributed by atoms with Gasteiger partial charge in [0.1, 0.15) is 15.9 Å². The van der Waals surface area contributed by atoms with Crippen molar-refractivity contribution in [1.29, 1.82) is 5.26 Å². The van der Waals surface area contributed by atoms with Crippen molar-refractivity contribution < 1.29 is 0 Å². The van der Waals surface area contributed by atoms with Crippen molar-refractivity contribution in [3.05, 3.63) is 58.6 Å².